The topological polar surface area (TPSA) is 39.7 Å². The first-order chi connectivity index (χ1) is 8.74. The number of hydrogen-bond acceptors (Lipinski definition) is 4. The van der Waals surface area contributed by atoms with Crippen molar-refractivity contribution in [3.63, 3.8) is 0 Å². The fourth-order valence-corrected chi connectivity index (χ4v) is 2.20. The maximum absolute atomic E-state index is 5.42. The van der Waals surface area contributed by atoms with E-state index in [1.54, 1.807) is 14.2 Å². The van der Waals surface area contributed by atoms with Gasteiger partial charge < -0.3 is 19.5 Å². The lowest BCUT2D eigenvalue weighted by molar-refractivity contribution is -0.0589. The number of benzene rings is 1. The number of ether oxygens (including phenoxy) is 3. The molecule has 4 nitrogen and oxygen atoms in total. The van der Waals surface area contributed by atoms with E-state index >= 15 is 0 Å². The summed E-state index contributed by atoms with van der Waals surface area (Å²) in [7, 11) is 3.35. The summed E-state index contributed by atoms with van der Waals surface area (Å²) in [6, 6.07) is 6.04. The highest BCUT2D eigenvalue weighted by Crippen LogP contribution is 2.36. The molecule has 100 valence electrons. The highest BCUT2D eigenvalue weighted by atomic mass is 16.5. The zero-order valence-corrected chi connectivity index (χ0v) is 11.3. The second kappa shape index (κ2) is 5.59. The van der Waals surface area contributed by atoms with Crippen molar-refractivity contribution in [2.24, 2.45) is 0 Å². The van der Waals surface area contributed by atoms with Crippen LogP contribution in [0.4, 0.5) is 0 Å². The highest BCUT2D eigenvalue weighted by molar-refractivity contribution is 5.43. The van der Waals surface area contributed by atoms with Crippen LogP contribution in [0.5, 0.6) is 11.5 Å². The fraction of sp³-hybridized carbons (Fsp3) is 0.571. The van der Waals surface area contributed by atoms with E-state index in [1.165, 1.54) is 5.56 Å². The van der Waals surface area contributed by atoms with Gasteiger partial charge in [-0.2, -0.15) is 0 Å². The Hall–Kier alpha value is -1.26. The van der Waals surface area contributed by atoms with Crippen LogP contribution in [0.1, 0.15) is 12.5 Å². The zero-order chi connectivity index (χ0) is 13.0. The van der Waals surface area contributed by atoms with E-state index in [2.05, 4.69) is 24.4 Å². The molecule has 2 rings (SSSR count). The van der Waals surface area contributed by atoms with Crippen molar-refractivity contribution in [3.8, 4) is 11.5 Å². The van der Waals surface area contributed by atoms with Gasteiger partial charge in [-0.15, -0.1) is 0 Å². The summed E-state index contributed by atoms with van der Waals surface area (Å²) >= 11 is 0. The van der Waals surface area contributed by atoms with Gasteiger partial charge in [0.2, 0.25) is 0 Å². The zero-order valence-electron chi connectivity index (χ0n) is 11.3. The maximum atomic E-state index is 5.42. The van der Waals surface area contributed by atoms with Crippen LogP contribution in [0, 0.1) is 0 Å². The number of likely N-dealkylation sites (N-methyl/N-ethyl adjacent to an activating group) is 1. The second-order valence-electron chi connectivity index (χ2n) is 4.65. The lowest BCUT2D eigenvalue weighted by Crippen LogP contribution is -2.53. The summed E-state index contributed by atoms with van der Waals surface area (Å²) in [4.78, 5) is 0. The minimum Gasteiger partial charge on any atom is -0.497 e. The Balaban J connectivity index is 2.29. The predicted molar refractivity (Wildman–Crippen MR) is 70.6 cm³/mol. The number of hydrogen-bond donors (Lipinski definition) is 1. The van der Waals surface area contributed by atoms with Crippen molar-refractivity contribution in [2.45, 2.75) is 12.3 Å². The molecule has 0 saturated carbocycles. The average Bonchev–Trinajstić information content (AvgIpc) is 2.37. The monoisotopic (exact) mass is 251 g/mol. The van der Waals surface area contributed by atoms with Crippen molar-refractivity contribution >= 4 is 0 Å². The van der Waals surface area contributed by atoms with Crippen LogP contribution >= 0.6 is 0 Å². The molecule has 1 heterocycles. The summed E-state index contributed by atoms with van der Waals surface area (Å²) in [5, 5.41) is 3.40. The summed E-state index contributed by atoms with van der Waals surface area (Å²) in [6.07, 6.45) is 0. The van der Waals surface area contributed by atoms with E-state index in [4.69, 9.17) is 14.2 Å². The van der Waals surface area contributed by atoms with Gasteiger partial charge in [0.15, 0.2) is 0 Å². The third-order valence-corrected chi connectivity index (χ3v) is 3.43. The molecule has 0 atom stereocenters. The SMILES string of the molecule is CCNCC1(c2cc(OC)cc(OC)c2)COC1. The Morgan fingerprint density at radius 1 is 1.17 bits per heavy atom. The molecule has 0 aliphatic carbocycles. The third-order valence-electron chi connectivity index (χ3n) is 3.43. The Bertz CT molecular complexity index is 380. The number of methoxy groups -OCH3 is 2. The molecule has 0 aromatic heterocycles. The average molecular weight is 251 g/mol. The molecular formula is C14H21NO3. The Morgan fingerprint density at radius 2 is 1.78 bits per heavy atom. The molecule has 1 N–H and O–H groups in total. The Kier molecular flexibility index (Phi) is 4.09. The molecule has 0 unspecified atom stereocenters. The van der Waals surface area contributed by atoms with Gasteiger partial charge in [0.1, 0.15) is 11.5 Å². The summed E-state index contributed by atoms with van der Waals surface area (Å²) in [6.45, 7) is 5.48. The van der Waals surface area contributed by atoms with E-state index in [-0.39, 0.29) is 5.41 Å². The van der Waals surface area contributed by atoms with Crippen molar-refractivity contribution in [3.05, 3.63) is 23.8 Å². The van der Waals surface area contributed by atoms with E-state index in [0.717, 1.165) is 37.8 Å². The van der Waals surface area contributed by atoms with E-state index < -0.39 is 0 Å². The maximum Gasteiger partial charge on any atom is 0.122 e. The summed E-state index contributed by atoms with van der Waals surface area (Å²) in [5.41, 5.74) is 1.27. The van der Waals surface area contributed by atoms with Gasteiger partial charge in [-0.1, -0.05) is 6.92 Å². The van der Waals surface area contributed by atoms with Crippen molar-refractivity contribution in [1.82, 2.24) is 5.32 Å². The minimum atomic E-state index is 0.0534. The summed E-state index contributed by atoms with van der Waals surface area (Å²) < 4.78 is 16.1. The molecule has 0 radical (unpaired) electrons. The standard InChI is InChI=1S/C14H21NO3/c1-4-15-8-14(9-18-10-14)11-5-12(16-2)7-13(6-11)17-3/h5-7,15H,4,8-10H2,1-3H3. The molecule has 1 aromatic carbocycles. The lowest BCUT2D eigenvalue weighted by atomic mass is 9.78. The van der Waals surface area contributed by atoms with E-state index in [0.29, 0.717) is 0 Å². The van der Waals surface area contributed by atoms with Crippen LogP contribution in [0.15, 0.2) is 18.2 Å². The van der Waals surface area contributed by atoms with E-state index in [1.807, 2.05) is 6.07 Å². The van der Waals surface area contributed by atoms with Crippen LogP contribution in [0.2, 0.25) is 0 Å². The lowest BCUT2D eigenvalue weighted by Gasteiger charge is -2.42. The van der Waals surface area contributed by atoms with Crippen molar-refractivity contribution in [2.75, 3.05) is 40.5 Å². The van der Waals surface area contributed by atoms with Crippen molar-refractivity contribution < 1.29 is 14.2 Å². The second-order valence-corrected chi connectivity index (χ2v) is 4.65. The molecule has 1 aliphatic heterocycles. The van der Waals surface area contributed by atoms with Crippen molar-refractivity contribution in [1.29, 1.82) is 0 Å². The summed E-state index contributed by atoms with van der Waals surface area (Å²) in [5.74, 6) is 1.65. The van der Waals surface area contributed by atoms with Crippen LogP contribution in [0.3, 0.4) is 0 Å². The van der Waals surface area contributed by atoms with Gasteiger partial charge in [0, 0.05) is 12.6 Å². The molecule has 1 saturated heterocycles. The molecule has 4 heteroatoms. The molecule has 18 heavy (non-hydrogen) atoms. The molecule has 1 aromatic rings. The van der Waals surface area contributed by atoms with Gasteiger partial charge in [0.25, 0.3) is 0 Å². The van der Waals surface area contributed by atoms with Crippen LogP contribution in [0.25, 0.3) is 0 Å². The fourth-order valence-electron chi connectivity index (χ4n) is 2.20. The van der Waals surface area contributed by atoms with Gasteiger partial charge in [-0.05, 0) is 24.2 Å². The molecule has 1 aliphatic rings. The highest BCUT2D eigenvalue weighted by Gasteiger charge is 2.40. The Morgan fingerprint density at radius 3 is 2.17 bits per heavy atom. The smallest absolute Gasteiger partial charge is 0.122 e. The predicted octanol–water partition coefficient (Wildman–Crippen LogP) is 1.58. The van der Waals surface area contributed by atoms with Gasteiger partial charge in [-0.3, -0.25) is 0 Å². The molecular weight excluding hydrogens is 230 g/mol. The van der Waals surface area contributed by atoms with Crippen LogP contribution in [-0.2, 0) is 10.2 Å². The molecule has 0 spiro atoms. The molecule has 1 fully saturated rings. The van der Waals surface area contributed by atoms with Gasteiger partial charge in [-0.25, -0.2) is 0 Å². The van der Waals surface area contributed by atoms with Crippen LogP contribution < -0.4 is 14.8 Å². The number of rotatable bonds is 6. The third kappa shape index (κ3) is 2.44. The Labute approximate surface area is 108 Å². The quantitative estimate of drug-likeness (QED) is 0.833. The first-order valence-electron chi connectivity index (χ1n) is 6.26. The van der Waals surface area contributed by atoms with Gasteiger partial charge >= 0.3 is 0 Å². The normalized spacial score (nSPS) is 17.1. The van der Waals surface area contributed by atoms with Gasteiger partial charge in [0.05, 0.1) is 32.8 Å². The first-order valence-corrected chi connectivity index (χ1v) is 6.26. The minimum absolute atomic E-state index is 0.0534. The van der Waals surface area contributed by atoms with E-state index in [9.17, 15) is 0 Å². The number of nitrogens with one attached hydrogen (secondary N) is 1. The van der Waals surface area contributed by atoms with Crippen LogP contribution in [-0.4, -0.2) is 40.5 Å². The molecule has 0 bridgehead atoms. The first kappa shape index (κ1) is 13.2. The molecule has 0 amide bonds. The largest absolute Gasteiger partial charge is 0.497 e.